The van der Waals surface area contributed by atoms with Gasteiger partial charge in [0.1, 0.15) is 0 Å². The fourth-order valence-electron chi connectivity index (χ4n) is 2.20. The molecule has 0 heterocycles. The van der Waals surface area contributed by atoms with Crippen LogP contribution in [0.5, 0.6) is 0 Å². The lowest BCUT2D eigenvalue weighted by atomic mass is 9.94. The lowest BCUT2D eigenvalue weighted by Gasteiger charge is -2.31. The standard InChI is InChI=1S/C14H21BrN2/c1-10-3-6-12(15)13(7-10)17-14(2,9-16)8-11-4-5-11/h3,6-7,11,17H,4-5,8-9,16H2,1-2H3. The molecule has 0 radical (unpaired) electrons. The van der Waals surface area contributed by atoms with Gasteiger partial charge in [-0.15, -0.1) is 0 Å². The van der Waals surface area contributed by atoms with Crippen molar-refractivity contribution < 1.29 is 0 Å². The Balaban J connectivity index is 2.13. The van der Waals surface area contributed by atoms with Gasteiger partial charge in [-0.2, -0.15) is 0 Å². The van der Waals surface area contributed by atoms with Gasteiger partial charge < -0.3 is 11.1 Å². The molecule has 1 saturated carbocycles. The summed E-state index contributed by atoms with van der Waals surface area (Å²) in [6.45, 7) is 5.00. The maximum absolute atomic E-state index is 5.94. The molecular weight excluding hydrogens is 276 g/mol. The molecule has 2 rings (SSSR count). The first-order valence-corrected chi connectivity index (χ1v) is 7.06. The zero-order valence-corrected chi connectivity index (χ0v) is 12.2. The van der Waals surface area contributed by atoms with E-state index in [4.69, 9.17) is 5.73 Å². The van der Waals surface area contributed by atoms with Gasteiger partial charge in [0.2, 0.25) is 0 Å². The Kier molecular flexibility index (Phi) is 3.79. The second kappa shape index (κ2) is 4.99. The second-order valence-corrected chi connectivity index (χ2v) is 6.37. The van der Waals surface area contributed by atoms with Crippen molar-refractivity contribution in [3.8, 4) is 0 Å². The molecule has 1 aromatic carbocycles. The Bertz CT molecular complexity index is 401. The molecule has 0 saturated heterocycles. The number of hydrogen-bond donors (Lipinski definition) is 2. The topological polar surface area (TPSA) is 38.0 Å². The van der Waals surface area contributed by atoms with Crippen LogP contribution >= 0.6 is 15.9 Å². The van der Waals surface area contributed by atoms with E-state index >= 15 is 0 Å². The highest BCUT2D eigenvalue weighted by Crippen LogP contribution is 2.38. The highest BCUT2D eigenvalue weighted by atomic mass is 79.9. The fourth-order valence-corrected chi connectivity index (χ4v) is 2.55. The zero-order chi connectivity index (χ0) is 12.5. The molecule has 3 heteroatoms. The molecule has 0 spiro atoms. The quantitative estimate of drug-likeness (QED) is 0.870. The SMILES string of the molecule is Cc1ccc(Br)c(NC(C)(CN)CC2CC2)c1. The van der Waals surface area contributed by atoms with E-state index in [-0.39, 0.29) is 5.54 Å². The van der Waals surface area contributed by atoms with Crippen molar-refractivity contribution in [1.82, 2.24) is 0 Å². The number of hydrogen-bond acceptors (Lipinski definition) is 2. The summed E-state index contributed by atoms with van der Waals surface area (Å²) < 4.78 is 1.11. The smallest absolute Gasteiger partial charge is 0.0491 e. The number of nitrogens with one attached hydrogen (secondary N) is 1. The summed E-state index contributed by atoms with van der Waals surface area (Å²) in [5.74, 6) is 0.875. The third-order valence-corrected chi connectivity index (χ3v) is 4.14. The van der Waals surface area contributed by atoms with Crippen molar-refractivity contribution in [3.05, 3.63) is 28.2 Å². The minimum atomic E-state index is 0.0114. The maximum Gasteiger partial charge on any atom is 0.0491 e. The van der Waals surface area contributed by atoms with Gasteiger partial charge in [-0.05, 0) is 59.8 Å². The molecule has 1 fully saturated rings. The normalized spacial score (nSPS) is 18.8. The minimum Gasteiger partial charge on any atom is -0.378 e. The highest BCUT2D eigenvalue weighted by Gasteiger charge is 2.32. The highest BCUT2D eigenvalue weighted by molar-refractivity contribution is 9.10. The van der Waals surface area contributed by atoms with Crippen molar-refractivity contribution >= 4 is 21.6 Å². The Hall–Kier alpha value is -0.540. The molecule has 0 aromatic heterocycles. The maximum atomic E-state index is 5.94. The summed E-state index contributed by atoms with van der Waals surface area (Å²) in [5.41, 5.74) is 8.37. The number of halogens is 1. The van der Waals surface area contributed by atoms with Crippen LogP contribution in [0.2, 0.25) is 0 Å². The molecule has 0 amide bonds. The number of rotatable bonds is 5. The lowest BCUT2D eigenvalue weighted by molar-refractivity contribution is 0.453. The third kappa shape index (κ3) is 3.46. The monoisotopic (exact) mass is 296 g/mol. The average molecular weight is 297 g/mol. The van der Waals surface area contributed by atoms with E-state index in [1.807, 2.05) is 0 Å². The summed E-state index contributed by atoms with van der Waals surface area (Å²) in [4.78, 5) is 0. The Morgan fingerprint density at radius 1 is 1.47 bits per heavy atom. The molecule has 2 nitrogen and oxygen atoms in total. The van der Waals surface area contributed by atoms with Gasteiger partial charge in [-0.25, -0.2) is 0 Å². The van der Waals surface area contributed by atoms with Gasteiger partial charge in [0.25, 0.3) is 0 Å². The van der Waals surface area contributed by atoms with Gasteiger partial charge in [0.05, 0.1) is 0 Å². The van der Waals surface area contributed by atoms with Gasteiger partial charge in [-0.3, -0.25) is 0 Å². The van der Waals surface area contributed by atoms with Gasteiger partial charge in [-0.1, -0.05) is 18.9 Å². The predicted octanol–water partition coefficient (Wildman–Crippen LogP) is 3.69. The summed E-state index contributed by atoms with van der Waals surface area (Å²) >= 11 is 3.59. The molecule has 3 N–H and O–H groups in total. The molecule has 1 atom stereocenters. The molecule has 1 unspecified atom stereocenters. The van der Waals surface area contributed by atoms with E-state index in [1.54, 1.807) is 0 Å². The largest absolute Gasteiger partial charge is 0.378 e. The van der Waals surface area contributed by atoms with Gasteiger partial charge in [0, 0.05) is 22.2 Å². The number of nitrogens with two attached hydrogens (primary N) is 1. The van der Waals surface area contributed by atoms with Crippen LogP contribution in [0.4, 0.5) is 5.69 Å². The molecule has 17 heavy (non-hydrogen) atoms. The van der Waals surface area contributed by atoms with Crippen molar-refractivity contribution in [2.45, 2.75) is 38.6 Å². The van der Waals surface area contributed by atoms with E-state index in [9.17, 15) is 0 Å². The fraction of sp³-hybridized carbons (Fsp3) is 0.571. The number of benzene rings is 1. The van der Waals surface area contributed by atoms with Crippen molar-refractivity contribution in [3.63, 3.8) is 0 Å². The van der Waals surface area contributed by atoms with E-state index in [0.717, 1.165) is 16.1 Å². The molecule has 0 bridgehead atoms. The van der Waals surface area contributed by atoms with Crippen LogP contribution < -0.4 is 11.1 Å². The van der Waals surface area contributed by atoms with Crippen LogP contribution in [0.15, 0.2) is 22.7 Å². The first kappa shape index (κ1) is 12.9. The molecule has 94 valence electrons. The lowest BCUT2D eigenvalue weighted by Crippen LogP contribution is -2.43. The number of anilines is 1. The minimum absolute atomic E-state index is 0.0114. The first-order valence-electron chi connectivity index (χ1n) is 6.27. The molecule has 0 aliphatic heterocycles. The molecule has 1 aliphatic carbocycles. The zero-order valence-electron chi connectivity index (χ0n) is 10.6. The second-order valence-electron chi connectivity index (χ2n) is 5.52. The van der Waals surface area contributed by atoms with Crippen molar-refractivity contribution in [1.29, 1.82) is 0 Å². The summed E-state index contributed by atoms with van der Waals surface area (Å²) in [6.07, 6.45) is 3.91. The number of aryl methyl sites for hydroxylation is 1. The van der Waals surface area contributed by atoms with Crippen LogP contribution in [0.3, 0.4) is 0 Å². The Morgan fingerprint density at radius 2 is 2.18 bits per heavy atom. The van der Waals surface area contributed by atoms with E-state index in [0.29, 0.717) is 6.54 Å². The van der Waals surface area contributed by atoms with Crippen LogP contribution in [-0.2, 0) is 0 Å². The van der Waals surface area contributed by atoms with Crippen LogP contribution in [0.1, 0.15) is 31.7 Å². The van der Waals surface area contributed by atoms with Crippen LogP contribution in [-0.4, -0.2) is 12.1 Å². The van der Waals surface area contributed by atoms with E-state index in [2.05, 4.69) is 53.3 Å². The van der Waals surface area contributed by atoms with E-state index < -0.39 is 0 Å². The van der Waals surface area contributed by atoms with Crippen LogP contribution in [0.25, 0.3) is 0 Å². The van der Waals surface area contributed by atoms with Crippen molar-refractivity contribution in [2.24, 2.45) is 11.7 Å². The summed E-state index contributed by atoms with van der Waals surface area (Å²) in [7, 11) is 0. The van der Waals surface area contributed by atoms with E-state index in [1.165, 1.54) is 24.8 Å². The first-order chi connectivity index (χ1) is 8.02. The molecular formula is C14H21BrN2. The van der Waals surface area contributed by atoms with Crippen LogP contribution in [0, 0.1) is 12.8 Å². The van der Waals surface area contributed by atoms with Gasteiger partial charge >= 0.3 is 0 Å². The van der Waals surface area contributed by atoms with Crippen molar-refractivity contribution in [2.75, 3.05) is 11.9 Å². The Labute approximate surface area is 112 Å². The summed E-state index contributed by atoms with van der Waals surface area (Å²) in [5, 5.41) is 3.61. The molecule has 1 aromatic rings. The van der Waals surface area contributed by atoms with Gasteiger partial charge in [0.15, 0.2) is 0 Å². The molecule has 1 aliphatic rings. The predicted molar refractivity (Wildman–Crippen MR) is 77.3 cm³/mol. The Morgan fingerprint density at radius 3 is 2.76 bits per heavy atom. The average Bonchev–Trinajstić information content (AvgIpc) is 3.07. The third-order valence-electron chi connectivity index (χ3n) is 3.44. The summed E-state index contributed by atoms with van der Waals surface area (Å²) in [6, 6.07) is 6.37.